The number of rotatable bonds is 5. The van der Waals surface area contributed by atoms with Crippen molar-refractivity contribution in [2.45, 2.75) is 55.1 Å². The molecule has 0 radical (unpaired) electrons. The van der Waals surface area contributed by atoms with Gasteiger partial charge in [-0.3, -0.25) is 0 Å². The highest BCUT2D eigenvalue weighted by atomic mass is 32.2. The van der Waals surface area contributed by atoms with Crippen LogP contribution in [0.25, 0.3) is 0 Å². The molecular formula is C14H19F3N2S. The smallest absolute Gasteiger partial charge is 0.313 e. The van der Waals surface area contributed by atoms with Gasteiger partial charge in [0.2, 0.25) is 0 Å². The van der Waals surface area contributed by atoms with Crippen LogP contribution < -0.4 is 5.32 Å². The van der Waals surface area contributed by atoms with Gasteiger partial charge in [-0.15, -0.1) is 11.8 Å². The Hall–Kier alpha value is -0.750. The molecule has 2 unspecified atom stereocenters. The number of hydrogen-bond donors (Lipinski definition) is 1. The van der Waals surface area contributed by atoms with E-state index in [0.717, 1.165) is 38.1 Å². The topological polar surface area (TPSA) is 24.9 Å². The van der Waals surface area contributed by atoms with Crippen molar-refractivity contribution < 1.29 is 13.2 Å². The largest absolute Gasteiger partial charge is 0.417 e. The molecule has 1 aromatic heterocycles. The number of halogens is 3. The molecule has 0 aromatic carbocycles. The summed E-state index contributed by atoms with van der Waals surface area (Å²) < 4.78 is 37.4. The summed E-state index contributed by atoms with van der Waals surface area (Å²) in [7, 11) is 0. The number of pyridine rings is 1. The zero-order valence-corrected chi connectivity index (χ0v) is 12.2. The highest BCUT2D eigenvalue weighted by Gasteiger charge is 2.31. The van der Waals surface area contributed by atoms with E-state index in [-0.39, 0.29) is 0 Å². The molecule has 0 saturated heterocycles. The van der Waals surface area contributed by atoms with E-state index in [0.29, 0.717) is 16.3 Å². The van der Waals surface area contributed by atoms with Crippen LogP contribution in [-0.4, -0.2) is 22.8 Å². The van der Waals surface area contributed by atoms with Gasteiger partial charge in [0.15, 0.2) is 0 Å². The van der Waals surface area contributed by atoms with Gasteiger partial charge < -0.3 is 5.32 Å². The van der Waals surface area contributed by atoms with Crippen molar-refractivity contribution in [2.75, 3.05) is 6.54 Å². The SMILES string of the molecule is CCCNC1CCCC1Sc1ccc(C(F)(F)F)cn1. The van der Waals surface area contributed by atoms with E-state index in [1.807, 2.05) is 0 Å². The van der Waals surface area contributed by atoms with Crippen LogP contribution in [0.5, 0.6) is 0 Å². The van der Waals surface area contributed by atoms with E-state index in [1.54, 1.807) is 11.8 Å². The molecule has 1 aliphatic carbocycles. The minimum atomic E-state index is -4.31. The molecule has 112 valence electrons. The number of alkyl halides is 3. The third-order valence-corrected chi connectivity index (χ3v) is 4.79. The van der Waals surface area contributed by atoms with Crippen LogP contribution in [-0.2, 0) is 6.18 Å². The molecule has 0 amide bonds. The molecule has 2 atom stereocenters. The number of hydrogen-bond acceptors (Lipinski definition) is 3. The van der Waals surface area contributed by atoms with Crippen molar-refractivity contribution >= 4 is 11.8 Å². The average Bonchev–Trinajstić information content (AvgIpc) is 2.83. The first kappa shape index (κ1) is 15.6. The van der Waals surface area contributed by atoms with E-state index >= 15 is 0 Å². The van der Waals surface area contributed by atoms with Crippen LogP contribution in [0, 0.1) is 0 Å². The second-order valence-electron chi connectivity index (χ2n) is 5.03. The van der Waals surface area contributed by atoms with Gasteiger partial charge in [-0.05, 0) is 37.9 Å². The molecule has 0 aliphatic heterocycles. The van der Waals surface area contributed by atoms with Gasteiger partial charge in [0.05, 0.1) is 10.6 Å². The van der Waals surface area contributed by atoms with Gasteiger partial charge in [0, 0.05) is 17.5 Å². The Morgan fingerprint density at radius 3 is 2.75 bits per heavy atom. The maximum Gasteiger partial charge on any atom is 0.417 e. The molecule has 6 heteroatoms. The van der Waals surface area contributed by atoms with Gasteiger partial charge in [-0.2, -0.15) is 13.2 Å². The molecule has 0 bridgehead atoms. The van der Waals surface area contributed by atoms with Crippen molar-refractivity contribution in [2.24, 2.45) is 0 Å². The maximum absolute atomic E-state index is 12.5. The molecule has 2 nitrogen and oxygen atoms in total. The van der Waals surface area contributed by atoms with Crippen LogP contribution in [0.15, 0.2) is 23.4 Å². The summed E-state index contributed by atoms with van der Waals surface area (Å²) in [4.78, 5) is 3.94. The minimum absolute atomic E-state index is 0.408. The first-order valence-electron chi connectivity index (χ1n) is 6.94. The van der Waals surface area contributed by atoms with Gasteiger partial charge in [0.1, 0.15) is 0 Å². The lowest BCUT2D eigenvalue weighted by molar-refractivity contribution is -0.137. The number of aromatic nitrogens is 1. The first-order chi connectivity index (χ1) is 9.50. The Kier molecular flexibility index (Phi) is 5.32. The highest BCUT2D eigenvalue weighted by Crippen LogP contribution is 2.35. The summed E-state index contributed by atoms with van der Waals surface area (Å²) in [5.41, 5.74) is -0.686. The Morgan fingerprint density at radius 1 is 1.35 bits per heavy atom. The maximum atomic E-state index is 12.5. The molecule has 2 rings (SSSR count). The predicted molar refractivity (Wildman–Crippen MR) is 74.8 cm³/mol. The van der Waals surface area contributed by atoms with Crippen LogP contribution >= 0.6 is 11.8 Å². The third-order valence-electron chi connectivity index (χ3n) is 3.44. The summed E-state index contributed by atoms with van der Waals surface area (Å²) >= 11 is 1.59. The van der Waals surface area contributed by atoms with Crippen molar-refractivity contribution in [1.29, 1.82) is 0 Å². The lowest BCUT2D eigenvalue weighted by atomic mass is 10.2. The van der Waals surface area contributed by atoms with Crippen molar-refractivity contribution in [3.63, 3.8) is 0 Å². The molecule has 0 spiro atoms. The number of thioether (sulfide) groups is 1. The molecule has 20 heavy (non-hydrogen) atoms. The second-order valence-corrected chi connectivity index (χ2v) is 6.29. The van der Waals surface area contributed by atoms with E-state index in [2.05, 4.69) is 17.2 Å². The van der Waals surface area contributed by atoms with Crippen molar-refractivity contribution in [1.82, 2.24) is 10.3 Å². The van der Waals surface area contributed by atoms with Crippen LogP contribution in [0.2, 0.25) is 0 Å². The normalized spacial score (nSPS) is 23.2. The first-order valence-corrected chi connectivity index (χ1v) is 7.82. The van der Waals surface area contributed by atoms with E-state index in [4.69, 9.17) is 0 Å². The Balaban J connectivity index is 1.95. The molecule has 1 aliphatic rings. The van der Waals surface area contributed by atoms with Crippen LogP contribution in [0.4, 0.5) is 13.2 Å². The Bertz CT molecular complexity index is 419. The lowest BCUT2D eigenvalue weighted by Gasteiger charge is -2.20. The zero-order valence-electron chi connectivity index (χ0n) is 11.4. The summed E-state index contributed by atoms with van der Waals surface area (Å²) in [6.07, 6.45) is 1.10. The number of nitrogens with one attached hydrogen (secondary N) is 1. The summed E-state index contributed by atoms with van der Waals surface area (Å²) in [5, 5.41) is 4.59. The van der Waals surface area contributed by atoms with Crippen molar-refractivity contribution in [3.05, 3.63) is 23.9 Å². The predicted octanol–water partition coefficient (Wildman–Crippen LogP) is 4.11. The summed E-state index contributed by atoms with van der Waals surface area (Å²) in [5.74, 6) is 0. The van der Waals surface area contributed by atoms with E-state index < -0.39 is 11.7 Å². The molecule has 1 fully saturated rings. The summed E-state index contributed by atoms with van der Waals surface area (Å²) in [6, 6.07) is 3.03. The Morgan fingerprint density at radius 2 is 2.15 bits per heavy atom. The monoisotopic (exact) mass is 304 g/mol. The van der Waals surface area contributed by atoms with Crippen LogP contribution in [0.3, 0.4) is 0 Å². The molecule has 1 heterocycles. The third kappa shape index (κ3) is 4.12. The van der Waals surface area contributed by atoms with E-state index in [1.165, 1.54) is 12.5 Å². The molecule has 1 N–H and O–H groups in total. The number of nitrogens with zero attached hydrogens (tertiary/aromatic N) is 1. The summed E-state index contributed by atoms with van der Waals surface area (Å²) in [6.45, 7) is 3.11. The quantitative estimate of drug-likeness (QED) is 0.886. The van der Waals surface area contributed by atoms with E-state index in [9.17, 15) is 13.2 Å². The second kappa shape index (κ2) is 6.80. The van der Waals surface area contributed by atoms with Gasteiger partial charge in [-0.25, -0.2) is 4.98 Å². The minimum Gasteiger partial charge on any atom is -0.313 e. The molecule has 1 saturated carbocycles. The average molecular weight is 304 g/mol. The fourth-order valence-corrected chi connectivity index (χ4v) is 3.65. The van der Waals surface area contributed by atoms with Crippen LogP contribution in [0.1, 0.15) is 38.2 Å². The molecular weight excluding hydrogens is 285 g/mol. The van der Waals surface area contributed by atoms with Gasteiger partial charge >= 0.3 is 6.18 Å². The Labute approximate surface area is 121 Å². The van der Waals surface area contributed by atoms with Gasteiger partial charge in [0.25, 0.3) is 0 Å². The lowest BCUT2D eigenvalue weighted by Crippen LogP contribution is -2.34. The van der Waals surface area contributed by atoms with Gasteiger partial charge in [-0.1, -0.05) is 13.3 Å². The standard InChI is InChI=1S/C14H19F3N2S/c1-2-8-18-11-4-3-5-12(11)20-13-7-6-10(9-19-13)14(15,16)17/h6-7,9,11-12,18H,2-5,8H2,1H3. The molecule has 1 aromatic rings. The van der Waals surface area contributed by atoms with Crippen molar-refractivity contribution in [3.8, 4) is 0 Å². The zero-order chi connectivity index (χ0) is 14.6. The fraction of sp³-hybridized carbons (Fsp3) is 0.643. The highest BCUT2D eigenvalue weighted by molar-refractivity contribution is 7.99. The fourth-order valence-electron chi connectivity index (χ4n) is 2.40.